The van der Waals surface area contributed by atoms with Crippen molar-refractivity contribution in [2.75, 3.05) is 57.1 Å². The molecule has 0 unspecified atom stereocenters. The Kier molecular flexibility index (Phi) is 11.3. The molecule has 4 N–H and O–H groups in total. The first kappa shape index (κ1) is 32.0. The van der Waals surface area contributed by atoms with Crippen LogP contribution in [0.2, 0.25) is 0 Å². The molecule has 0 radical (unpaired) electrons. The lowest BCUT2D eigenvalue weighted by Gasteiger charge is -2.31. The normalized spacial score (nSPS) is 18.7. The van der Waals surface area contributed by atoms with E-state index < -0.39 is 18.0 Å². The summed E-state index contributed by atoms with van der Waals surface area (Å²) in [6, 6.07) is 3.55. The third kappa shape index (κ3) is 9.05. The average molecular weight is 615 g/mol. The van der Waals surface area contributed by atoms with Crippen LogP contribution in [0.5, 0.6) is 0 Å². The number of carbonyl (C=O) groups excluding carboxylic acids is 1. The van der Waals surface area contributed by atoms with Crippen LogP contribution in [0.1, 0.15) is 80.0 Å². The molecule has 3 aromatic rings. The molecule has 0 spiro atoms. The minimum atomic E-state index is -2.83. The van der Waals surface area contributed by atoms with E-state index in [0.717, 1.165) is 64.8 Å². The van der Waals surface area contributed by atoms with Crippen LogP contribution in [0.3, 0.4) is 0 Å². The van der Waals surface area contributed by atoms with E-state index in [-0.39, 0.29) is 23.3 Å². The number of nitrogens with zero attached hydrogens (tertiary/aromatic N) is 5. The second-order valence-corrected chi connectivity index (χ2v) is 12.0. The van der Waals surface area contributed by atoms with Gasteiger partial charge in [0.25, 0.3) is 12.3 Å². The molecule has 0 atom stereocenters. The van der Waals surface area contributed by atoms with Gasteiger partial charge in [0.2, 0.25) is 5.89 Å². The lowest BCUT2D eigenvalue weighted by atomic mass is 9.86. The Morgan fingerprint density at radius 1 is 1.18 bits per heavy atom. The van der Waals surface area contributed by atoms with Crippen LogP contribution in [0.4, 0.5) is 20.3 Å². The van der Waals surface area contributed by atoms with Crippen LogP contribution in [-0.4, -0.2) is 77.0 Å². The van der Waals surface area contributed by atoms with E-state index in [0.29, 0.717) is 36.4 Å². The largest absolute Gasteiger partial charge is 0.444 e. The van der Waals surface area contributed by atoms with Crippen molar-refractivity contribution in [3.63, 3.8) is 0 Å². The first-order valence-corrected chi connectivity index (χ1v) is 15.7. The zero-order chi connectivity index (χ0) is 30.9. The molecule has 0 aromatic carbocycles. The summed E-state index contributed by atoms with van der Waals surface area (Å²) in [4.78, 5) is 24.0. The Morgan fingerprint density at radius 3 is 2.70 bits per heavy atom. The highest BCUT2D eigenvalue weighted by atomic mass is 19.3. The summed E-state index contributed by atoms with van der Waals surface area (Å²) in [5.41, 5.74) is 5.68. The number of nitrogens with two attached hydrogens (primary N) is 1. The fourth-order valence-corrected chi connectivity index (χ4v) is 5.63. The third-order valence-electron chi connectivity index (χ3n) is 8.31. The smallest absolute Gasteiger partial charge is 0.284 e. The van der Waals surface area contributed by atoms with Gasteiger partial charge >= 0.3 is 0 Å². The van der Waals surface area contributed by atoms with E-state index in [4.69, 9.17) is 14.9 Å². The molecule has 3 aromatic heterocycles. The summed E-state index contributed by atoms with van der Waals surface area (Å²) < 4.78 is 40.6. The second kappa shape index (κ2) is 15.5. The minimum absolute atomic E-state index is 0.00344. The van der Waals surface area contributed by atoms with E-state index >= 15 is 0 Å². The third-order valence-corrected chi connectivity index (χ3v) is 8.31. The fraction of sp³-hybridized carbons (Fsp3) is 0.613. The standard InChI is InChI=1S/C31H44F2N8O3/c1-40(13-3-15-43-14-2-11-34)18-22-6-8-24(9-7-22)41-19-25(28(39-41)29(32)33)37-30(42)26-20-44-31(38-26)23-10-12-35-27(16-23)36-17-21-4-5-21/h10,12,16,19-22,24,29H,2-9,11,13-15,17-18,34H2,1H3,(H,35,36)(H,37,42)/t22-,24-. The van der Waals surface area contributed by atoms with Crippen LogP contribution >= 0.6 is 0 Å². The number of ether oxygens (including phenoxy) is 1. The van der Waals surface area contributed by atoms with Crippen molar-refractivity contribution in [1.29, 1.82) is 0 Å². The first-order valence-electron chi connectivity index (χ1n) is 15.7. The molecular weight excluding hydrogens is 570 g/mol. The lowest BCUT2D eigenvalue weighted by molar-refractivity contribution is 0.102. The molecule has 11 nitrogen and oxygen atoms in total. The Hall–Kier alpha value is -3.42. The van der Waals surface area contributed by atoms with E-state index in [2.05, 4.69) is 37.6 Å². The highest BCUT2D eigenvalue weighted by Crippen LogP contribution is 2.35. The van der Waals surface area contributed by atoms with Crippen molar-refractivity contribution >= 4 is 17.4 Å². The van der Waals surface area contributed by atoms with E-state index in [1.807, 2.05) is 6.07 Å². The van der Waals surface area contributed by atoms with Crippen molar-refractivity contribution in [3.05, 3.63) is 42.2 Å². The Morgan fingerprint density at radius 2 is 1.95 bits per heavy atom. The quantitative estimate of drug-likeness (QED) is 0.172. The monoisotopic (exact) mass is 614 g/mol. The Balaban J connectivity index is 1.13. The van der Waals surface area contributed by atoms with Gasteiger partial charge < -0.3 is 30.4 Å². The topological polar surface area (TPSA) is 136 Å². The summed E-state index contributed by atoms with van der Waals surface area (Å²) in [6.45, 7) is 4.93. The van der Waals surface area contributed by atoms with Gasteiger partial charge in [0.15, 0.2) is 11.4 Å². The van der Waals surface area contributed by atoms with Gasteiger partial charge in [0.05, 0.1) is 11.7 Å². The summed E-state index contributed by atoms with van der Waals surface area (Å²) in [5, 5.41) is 10.1. The summed E-state index contributed by atoms with van der Waals surface area (Å²) in [5.74, 6) is 1.54. The van der Waals surface area contributed by atoms with Crippen LogP contribution < -0.4 is 16.4 Å². The highest BCUT2D eigenvalue weighted by molar-refractivity contribution is 6.03. The number of hydrogen-bond acceptors (Lipinski definition) is 9. The molecule has 1 amide bonds. The van der Waals surface area contributed by atoms with Crippen molar-refractivity contribution in [2.24, 2.45) is 17.6 Å². The van der Waals surface area contributed by atoms with Crippen LogP contribution in [-0.2, 0) is 4.74 Å². The van der Waals surface area contributed by atoms with Crippen molar-refractivity contribution < 1.29 is 22.7 Å². The molecule has 3 heterocycles. The molecular formula is C31H44F2N8O3. The number of rotatable bonds is 17. The zero-order valence-electron chi connectivity index (χ0n) is 25.4. The molecule has 2 aliphatic carbocycles. The second-order valence-electron chi connectivity index (χ2n) is 12.0. The van der Waals surface area contributed by atoms with Crippen molar-refractivity contribution in [3.8, 4) is 11.5 Å². The molecule has 240 valence electrons. The molecule has 0 aliphatic heterocycles. The van der Waals surface area contributed by atoms with E-state index in [1.54, 1.807) is 16.9 Å². The number of oxazole rings is 1. The summed E-state index contributed by atoms with van der Waals surface area (Å²) in [6.07, 6.45) is 9.53. The van der Waals surface area contributed by atoms with Crippen LogP contribution in [0.15, 0.2) is 35.2 Å². The number of amides is 1. The van der Waals surface area contributed by atoms with Gasteiger partial charge in [-0.15, -0.1) is 0 Å². The zero-order valence-corrected chi connectivity index (χ0v) is 25.4. The number of aromatic nitrogens is 4. The number of alkyl halides is 2. The number of carbonyl (C=O) groups is 1. The number of anilines is 2. The van der Waals surface area contributed by atoms with Crippen LogP contribution in [0, 0.1) is 11.8 Å². The average Bonchev–Trinajstić information content (AvgIpc) is 3.54. The van der Waals surface area contributed by atoms with Gasteiger partial charge in [-0.25, -0.2) is 18.7 Å². The van der Waals surface area contributed by atoms with Gasteiger partial charge in [0, 0.05) is 50.8 Å². The maximum atomic E-state index is 13.9. The molecule has 13 heteroatoms. The SMILES string of the molecule is CN(CCCOCCCN)C[C@H]1CC[C@H](n2cc(NC(=O)c3coc(-c4ccnc(NCC5CC5)c4)n3)c(C(F)F)n2)CC1. The maximum absolute atomic E-state index is 13.9. The van der Waals surface area contributed by atoms with Gasteiger partial charge in [-0.2, -0.15) is 5.10 Å². The number of nitrogens with one attached hydrogen (secondary N) is 2. The minimum Gasteiger partial charge on any atom is -0.444 e. The predicted molar refractivity (Wildman–Crippen MR) is 164 cm³/mol. The molecule has 44 heavy (non-hydrogen) atoms. The highest BCUT2D eigenvalue weighted by Gasteiger charge is 2.28. The van der Waals surface area contributed by atoms with Gasteiger partial charge in [0.1, 0.15) is 12.1 Å². The molecule has 0 saturated heterocycles. The summed E-state index contributed by atoms with van der Waals surface area (Å²) in [7, 11) is 2.13. The molecule has 5 rings (SSSR count). The van der Waals surface area contributed by atoms with Crippen molar-refractivity contribution in [2.45, 2.75) is 63.8 Å². The molecule has 2 aliphatic rings. The van der Waals surface area contributed by atoms with E-state index in [9.17, 15) is 13.6 Å². The van der Waals surface area contributed by atoms with Gasteiger partial charge in [-0.05, 0) is 88.9 Å². The molecule has 2 fully saturated rings. The Labute approximate surface area is 256 Å². The predicted octanol–water partition coefficient (Wildman–Crippen LogP) is 5.36. The number of pyridine rings is 1. The summed E-state index contributed by atoms with van der Waals surface area (Å²) >= 11 is 0. The van der Waals surface area contributed by atoms with E-state index in [1.165, 1.54) is 25.3 Å². The number of hydrogen-bond donors (Lipinski definition) is 3. The van der Waals surface area contributed by atoms with Crippen LogP contribution in [0.25, 0.3) is 11.5 Å². The first-order chi connectivity index (χ1) is 21.4. The number of halogens is 2. The molecule has 0 bridgehead atoms. The van der Waals surface area contributed by atoms with Crippen molar-refractivity contribution in [1.82, 2.24) is 24.6 Å². The maximum Gasteiger partial charge on any atom is 0.284 e. The molecule has 2 saturated carbocycles. The lowest BCUT2D eigenvalue weighted by Crippen LogP contribution is -2.30. The van der Waals surface area contributed by atoms with Gasteiger partial charge in [-0.3, -0.25) is 9.48 Å². The Bertz CT molecular complexity index is 1340. The fourth-order valence-electron chi connectivity index (χ4n) is 5.63. The van der Waals surface area contributed by atoms with Gasteiger partial charge in [-0.1, -0.05) is 0 Å².